The predicted octanol–water partition coefficient (Wildman–Crippen LogP) is 2.35. The summed E-state index contributed by atoms with van der Waals surface area (Å²) in [4.78, 5) is 0. The van der Waals surface area contributed by atoms with Gasteiger partial charge in [0.25, 0.3) is 0 Å². The molecule has 0 bridgehead atoms. The molecule has 18 heavy (non-hydrogen) atoms. The first-order valence-corrected chi connectivity index (χ1v) is 6.96. The van der Waals surface area contributed by atoms with Crippen LogP contribution in [0.1, 0.15) is 30.7 Å². The van der Waals surface area contributed by atoms with Gasteiger partial charge in [-0.3, -0.25) is 0 Å². The molecule has 1 unspecified atom stereocenters. The van der Waals surface area contributed by atoms with Gasteiger partial charge < -0.3 is 15.4 Å². The molecule has 1 aliphatic heterocycles. The van der Waals surface area contributed by atoms with E-state index in [0.717, 1.165) is 13.1 Å². The van der Waals surface area contributed by atoms with E-state index in [1.807, 2.05) is 7.11 Å². The van der Waals surface area contributed by atoms with E-state index in [4.69, 9.17) is 4.74 Å². The van der Waals surface area contributed by atoms with Crippen LogP contribution in [-0.4, -0.2) is 32.3 Å². The Hall–Kier alpha value is -1.06. The number of methoxy groups -OCH3 is 1. The predicted molar refractivity (Wildman–Crippen MR) is 74.1 cm³/mol. The largest absolute Gasteiger partial charge is 0.384 e. The number of rotatable bonds is 5. The van der Waals surface area contributed by atoms with E-state index in [1.165, 1.54) is 30.5 Å². The highest BCUT2D eigenvalue weighted by atomic mass is 16.5. The Bertz CT molecular complexity index is 401. The molecule has 1 aromatic rings. The molecule has 0 saturated heterocycles. The summed E-state index contributed by atoms with van der Waals surface area (Å²) in [7, 11) is 1.81. The zero-order valence-electron chi connectivity index (χ0n) is 11.0. The van der Waals surface area contributed by atoms with Crippen molar-refractivity contribution in [2.45, 2.75) is 37.3 Å². The number of benzene rings is 1. The number of para-hydroxylation sites is 1. The van der Waals surface area contributed by atoms with Gasteiger partial charge in [0.05, 0.1) is 6.10 Å². The van der Waals surface area contributed by atoms with Crippen molar-refractivity contribution in [2.75, 3.05) is 25.5 Å². The fourth-order valence-electron chi connectivity index (χ4n) is 3.00. The van der Waals surface area contributed by atoms with Gasteiger partial charge >= 0.3 is 0 Å². The second-order valence-electron chi connectivity index (χ2n) is 5.43. The molecular weight excluding hydrogens is 224 g/mol. The lowest BCUT2D eigenvalue weighted by atomic mass is 9.89. The monoisotopic (exact) mass is 246 g/mol. The lowest BCUT2D eigenvalue weighted by Crippen LogP contribution is -2.45. The Morgan fingerprint density at radius 3 is 3.00 bits per heavy atom. The SMILES string of the molecule is COC1CC(NCCC2CNc3ccccc32)C1. The van der Waals surface area contributed by atoms with Crippen LogP contribution in [0.2, 0.25) is 0 Å². The average Bonchev–Trinajstić information content (AvgIpc) is 2.76. The Morgan fingerprint density at radius 1 is 1.33 bits per heavy atom. The maximum absolute atomic E-state index is 5.29. The normalized spacial score (nSPS) is 29.5. The van der Waals surface area contributed by atoms with E-state index in [-0.39, 0.29) is 0 Å². The van der Waals surface area contributed by atoms with Gasteiger partial charge in [0.15, 0.2) is 0 Å². The fourth-order valence-corrected chi connectivity index (χ4v) is 3.00. The smallest absolute Gasteiger partial charge is 0.0601 e. The number of nitrogens with one attached hydrogen (secondary N) is 2. The summed E-state index contributed by atoms with van der Waals surface area (Å²) in [5.74, 6) is 0.673. The van der Waals surface area contributed by atoms with Gasteiger partial charge in [-0.25, -0.2) is 0 Å². The summed E-state index contributed by atoms with van der Waals surface area (Å²) in [5.41, 5.74) is 2.81. The molecule has 98 valence electrons. The van der Waals surface area contributed by atoms with Gasteiger partial charge in [0.1, 0.15) is 0 Å². The lowest BCUT2D eigenvalue weighted by Gasteiger charge is -2.35. The Morgan fingerprint density at radius 2 is 2.17 bits per heavy atom. The first-order valence-electron chi connectivity index (χ1n) is 6.96. The summed E-state index contributed by atoms with van der Waals surface area (Å²) in [6.07, 6.45) is 4.07. The molecule has 1 aromatic carbocycles. The van der Waals surface area contributed by atoms with E-state index in [0.29, 0.717) is 18.1 Å². The topological polar surface area (TPSA) is 33.3 Å². The molecule has 2 aliphatic rings. The molecule has 3 heteroatoms. The van der Waals surface area contributed by atoms with Crippen LogP contribution in [0.15, 0.2) is 24.3 Å². The molecule has 0 spiro atoms. The van der Waals surface area contributed by atoms with Crippen molar-refractivity contribution in [3.8, 4) is 0 Å². The molecule has 1 fully saturated rings. The minimum absolute atomic E-state index is 0.497. The highest BCUT2D eigenvalue weighted by molar-refractivity contribution is 5.57. The van der Waals surface area contributed by atoms with E-state index in [9.17, 15) is 0 Å². The van der Waals surface area contributed by atoms with Crippen molar-refractivity contribution >= 4 is 5.69 Å². The van der Waals surface area contributed by atoms with Gasteiger partial charge in [-0.2, -0.15) is 0 Å². The maximum atomic E-state index is 5.29. The van der Waals surface area contributed by atoms with Crippen molar-refractivity contribution in [3.05, 3.63) is 29.8 Å². The first-order chi connectivity index (χ1) is 8.86. The van der Waals surface area contributed by atoms with E-state index >= 15 is 0 Å². The summed E-state index contributed by atoms with van der Waals surface area (Å²) in [6.45, 7) is 2.20. The highest BCUT2D eigenvalue weighted by Gasteiger charge is 2.28. The van der Waals surface area contributed by atoms with Crippen molar-refractivity contribution in [1.82, 2.24) is 5.32 Å². The third-order valence-corrected chi connectivity index (χ3v) is 4.29. The third kappa shape index (κ3) is 2.38. The first kappa shape index (κ1) is 12.0. The number of fused-ring (bicyclic) bond motifs is 1. The highest BCUT2D eigenvalue weighted by Crippen LogP contribution is 2.33. The van der Waals surface area contributed by atoms with Crippen LogP contribution in [0.4, 0.5) is 5.69 Å². The molecular formula is C15H22N2O. The average molecular weight is 246 g/mol. The van der Waals surface area contributed by atoms with Crippen LogP contribution in [0, 0.1) is 0 Å². The fraction of sp³-hybridized carbons (Fsp3) is 0.600. The summed E-state index contributed by atoms with van der Waals surface area (Å²) >= 11 is 0. The van der Waals surface area contributed by atoms with Crippen LogP contribution >= 0.6 is 0 Å². The molecule has 1 atom stereocenters. The van der Waals surface area contributed by atoms with Gasteiger partial charge in [-0.05, 0) is 37.4 Å². The Kier molecular flexibility index (Phi) is 3.52. The summed E-state index contributed by atoms with van der Waals surface area (Å²) < 4.78 is 5.29. The Labute approximate surface area is 109 Å². The molecule has 1 aliphatic carbocycles. The number of hydrogen-bond donors (Lipinski definition) is 2. The molecule has 2 N–H and O–H groups in total. The molecule has 0 amide bonds. The second-order valence-corrected chi connectivity index (χ2v) is 5.43. The van der Waals surface area contributed by atoms with Crippen molar-refractivity contribution < 1.29 is 4.74 Å². The van der Waals surface area contributed by atoms with Crippen molar-refractivity contribution in [3.63, 3.8) is 0 Å². The van der Waals surface area contributed by atoms with Crippen LogP contribution in [0.25, 0.3) is 0 Å². The zero-order chi connectivity index (χ0) is 12.4. The lowest BCUT2D eigenvalue weighted by molar-refractivity contribution is 0.0174. The molecule has 1 saturated carbocycles. The van der Waals surface area contributed by atoms with Gasteiger partial charge in [0, 0.05) is 31.3 Å². The molecule has 3 rings (SSSR count). The van der Waals surface area contributed by atoms with Gasteiger partial charge in [-0.1, -0.05) is 18.2 Å². The van der Waals surface area contributed by atoms with Crippen LogP contribution < -0.4 is 10.6 Å². The summed E-state index contributed by atoms with van der Waals surface area (Å²) in [6, 6.07) is 9.36. The molecule has 0 aromatic heterocycles. The van der Waals surface area contributed by atoms with E-state index < -0.39 is 0 Å². The van der Waals surface area contributed by atoms with Crippen LogP contribution in [0.5, 0.6) is 0 Å². The zero-order valence-corrected chi connectivity index (χ0v) is 11.0. The number of anilines is 1. The maximum Gasteiger partial charge on any atom is 0.0601 e. The minimum Gasteiger partial charge on any atom is -0.384 e. The molecule has 3 nitrogen and oxygen atoms in total. The van der Waals surface area contributed by atoms with Gasteiger partial charge in [0.2, 0.25) is 0 Å². The molecule has 0 radical (unpaired) electrons. The van der Waals surface area contributed by atoms with Crippen LogP contribution in [0.3, 0.4) is 0 Å². The second kappa shape index (κ2) is 5.29. The van der Waals surface area contributed by atoms with E-state index in [2.05, 4.69) is 34.9 Å². The quantitative estimate of drug-likeness (QED) is 0.836. The van der Waals surface area contributed by atoms with Crippen LogP contribution in [-0.2, 0) is 4.74 Å². The standard InChI is InChI=1S/C15H22N2O/c1-18-13-8-12(9-13)16-7-6-11-10-17-15-5-3-2-4-14(11)15/h2-5,11-13,16-17H,6-10H2,1H3. The third-order valence-electron chi connectivity index (χ3n) is 4.29. The van der Waals surface area contributed by atoms with Gasteiger partial charge in [-0.15, -0.1) is 0 Å². The van der Waals surface area contributed by atoms with E-state index in [1.54, 1.807) is 0 Å². The number of ether oxygens (including phenoxy) is 1. The van der Waals surface area contributed by atoms with Crippen molar-refractivity contribution in [1.29, 1.82) is 0 Å². The Balaban J connectivity index is 1.42. The number of hydrogen-bond acceptors (Lipinski definition) is 3. The summed E-state index contributed by atoms with van der Waals surface area (Å²) in [5, 5.41) is 7.12. The molecule has 1 heterocycles. The van der Waals surface area contributed by atoms with Crippen molar-refractivity contribution in [2.24, 2.45) is 0 Å². The minimum atomic E-state index is 0.497.